The number of morpholine rings is 1. The van der Waals surface area contributed by atoms with Crippen molar-refractivity contribution >= 4 is 0 Å². The average molecular weight is 576 g/mol. The van der Waals surface area contributed by atoms with Crippen LogP contribution in [0.2, 0.25) is 0 Å². The van der Waals surface area contributed by atoms with Gasteiger partial charge in [0.25, 0.3) is 0 Å². The Labute approximate surface area is 225 Å². The molecular formula is C26H28F7N5O2. The van der Waals surface area contributed by atoms with E-state index in [9.17, 15) is 30.7 Å². The van der Waals surface area contributed by atoms with Gasteiger partial charge in [-0.3, -0.25) is 10.00 Å². The molecule has 1 aromatic heterocycles. The number of benzene rings is 2. The molecule has 1 aliphatic heterocycles. The third kappa shape index (κ3) is 7.36. The van der Waals surface area contributed by atoms with E-state index in [0.717, 1.165) is 0 Å². The number of ether oxygens (including phenoxy) is 2. The van der Waals surface area contributed by atoms with Crippen molar-refractivity contribution in [1.82, 2.24) is 25.0 Å². The monoisotopic (exact) mass is 575 g/mol. The maximum absolute atomic E-state index is 13.7. The Morgan fingerprint density at radius 1 is 1.05 bits per heavy atom. The fourth-order valence-electron chi connectivity index (χ4n) is 4.46. The van der Waals surface area contributed by atoms with Crippen LogP contribution in [0.4, 0.5) is 30.7 Å². The van der Waals surface area contributed by atoms with Gasteiger partial charge in [0.1, 0.15) is 11.6 Å². The van der Waals surface area contributed by atoms with Crippen LogP contribution in [0.15, 0.2) is 42.5 Å². The number of rotatable bonds is 8. The van der Waals surface area contributed by atoms with Crippen LogP contribution in [0, 0.1) is 5.82 Å². The molecule has 14 heteroatoms. The average Bonchev–Trinajstić information content (AvgIpc) is 3.29. The van der Waals surface area contributed by atoms with Gasteiger partial charge in [-0.2, -0.15) is 31.4 Å². The molecule has 40 heavy (non-hydrogen) atoms. The van der Waals surface area contributed by atoms with Crippen molar-refractivity contribution in [3.8, 4) is 0 Å². The highest BCUT2D eigenvalue weighted by atomic mass is 19.4. The summed E-state index contributed by atoms with van der Waals surface area (Å²) in [7, 11) is 3.75. The summed E-state index contributed by atoms with van der Waals surface area (Å²) in [6, 6.07) is 6.16. The molecule has 2 aromatic carbocycles. The van der Waals surface area contributed by atoms with E-state index in [1.54, 1.807) is 0 Å². The summed E-state index contributed by atoms with van der Waals surface area (Å²) >= 11 is 0. The van der Waals surface area contributed by atoms with E-state index in [-0.39, 0.29) is 24.8 Å². The molecular weight excluding hydrogens is 547 g/mol. The standard InChI is InChI=1S/C26H28F7N5O2/c1-15(17-10-18(25(28,29)30)12-19(11-17)26(31,32)33)40-24-23(16-4-6-20(27)7-5-16)38(8-9-39-24)14-22-34-21(35-36-22)13-37(2)3/h4-7,10-12,15,23-24H,8-9,13-14H2,1-3H3,(H,34,35,36)/t15?,23-,24+/m0/s1. The van der Waals surface area contributed by atoms with Crippen molar-refractivity contribution in [2.75, 3.05) is 27.2 Å². The predicted octanol–water partition coefficient (Wildman–Crippen LogP) is 5.72. The van der Waals surface area contributed by atoms with Gasteiger partial charge in [0, 0.05) is 6.54 Å². The van der Waals surface area contributed by atoms with Crippen LogP contribution in [-0.4, -0.2) is 58.5 Å². The summed E-state index contributed by atoms with van der Waals surface area (Å²) in [4.78, 5) is 8.29. The lowest BCUT2D eigenvalue weighted by molar-refractivity contribution is -0.231. The lowest BCUT2D eigenvalue weighted by atomic mass is 10.0. The lowest BCUT2D eigenvalue weighted by Crippen LogP contribution is -2.46. The number of alkyl halides is 6. The molecule has 0 amide bonds. The van der Waals surface area contributed by atoms with Crippen LogP contribution >= 0.6 is 0 Å². The molecule has 0 aliphatic carbocycles. The summed E-state index contributed by atoms with van der Waals surface area (Å²) in [5.74, 6) is 0.618. The minimum Gasteiger partial charge on any atom is -0.349 e. The van der Waals surface area contributed by atoms with E-state index in [0.29, 0.717) is 42.4 Å². The Balaban J connectivity index is 1.64. The zero-order chi connectivity index (χ0) is 29.2. The van der Waals surface area contributed by atoms with Crippen LogP contribution in [0.1, 0.15) is 53.0 Å². The first-order chi connectivity index (χ1) is 18.7. The van der Waals surface area contributed by atoms with Gasteiger partial charge in [-0.15, -0.1) is 0 Å². The molecule has 4 rings (SSSR count). The molecule has 1 unspecified atom stereocenters. The third-order valence-electron chi connectivity index (χ3n) is 6.33. The van der Waals surface area contributed by atoms with Gasteiger partial charge in [0.2, 0.25) is 0 Å². The fraction of sp³-hybridized carbons (Fsp3) is 0.462. The fourth-order valence-corrected chi connectivity index (χ4v) is 4.46. The number of hydrogen-bond donors (Lipinski definition) is 1. The maximum atomic E-state index is 13.7. The summed E-state index contributed by atoms with van der Waals surface area (Å²) in [5, 5.41) is 7.11. The number of hydrogen-bond acceptors (Lipinski definition) is 6. The van der Waals surface area contributed by atoms with E-state index in [2.05, 4.69) is 15.2 Å². The largest absolute Gasteiger partial charge is 0.416 e. The quantitative estimate of drug-likeness (QED) is 0.347. The highest BCUT2D eigenvalue weighted by Gasteiger charge is 2.39. The zero-order valence-electron chi connectivity index (χ0n) is 21.9. The lowest BCUT2D eigenvalue weighted by Gasteiger charge is -2.41. The van der Waals surface area contributed by atoms with Crippen LogP contribution in [0.3, 0.4) is 0 Å². The molecule has 1 aliphatic rings. The van der Waals surface area contributed by atoms with Gasteiger partial charge in [-0.05, 0) is 62.5 Å². The molecule has 3 aromatic rings. The van der Waals surface area contributed by atoms with Gasteiger partial charge in [-0.25, -0.2) is 9.37 Å². The van der Waals surface area contributed by atoms with Crippen molar-refractivity contribution in [1.29, 1.82) is 0 Å². The number of nitrogens with one attached hydrogen (secondary N) is 1. The molecule has 1 N–H and O–H groups in total. The molecule has 1 saturated heterocycles. The molecule has 0 spiro atoms. The summed E-state index contributed by atoms with van der Waals surface area (Å²) < 4.78 is 106. The first-order valence-electron chi connectivity index (χ1n) is 12.3. The highest BCUT2D eigenvalue weighted by Crippen LogP contribution is 2.39. The van der Waals surface area contributed by atoms with E-state index in [1.165, 1.54) is 31.2 Å². The molecule has 3 atom stereocenters. The van der Waals surface area contributed by atoms with Crippen molar-refractivity contribution in [2.24, 2.45) is 0 Å². The van der Waals surface area contributed by atoms with Crippen molar-refractivity contribution in [2.45, 2.75) is 50.8 Å². The topological polar surface area (TPSA) is 66.5 Å². The normalized spacial score (nSPS) is 19.8. The van der Waals surface area contributed by atoms with Gasteiger partial charge in [-0.1, -0.05) is 12.1 Å². The van der Waals surface area contributed by atoms with E-state index >= 15 is 0 Å². The zero-order valence-corrected chi connectivity index (χ0v) is 21.9. The highest BCUT2D eigenvalue weighted by molar-refractivity contribution is 5.34. The number of H-pyrrole nitrogens is 1. The molecule has 0 radical (unpaired) electrons. The summed E-state index contributed by atoms with van der Waals surface area (Å²) in [5.41, 5.74) is -2.62. The summed E-state index contributed by atoms with van der Waals surface area (Å²) in [6.07, 6.45) is -12.3. The second-order valence-corrected chi connectivity index (χ2v) is 9.76. The molecule has 7 nitrogen and oxygen atoms in total. The third-order valence-corrected chi connectivity index (χ3v) is 6.33. The van der Waals surface area contributed by atoms with E-state index in [4.69, 9.17) is 9.47 Å². The number of nitrogens with zero attached hydrogens (tertiary/aromatic N) is 4. The Morgan fingerprint density at radius 2 is 1.68 bits per heavy atom. The molecule has 218 valence electrons. The van der Waals surface area contributed by atoms with E-state index in [1.807, 2.05) is 23.9 Å². The summed E-state index contributed by atoms with van der Waals surface area (Å²) in [6.45, 7) is 2.64. The first kappa shape index (κ1) is 29.9. The van der Waals surface area contributed by atoms with Crippen LogP contribution < -0.4 is 0 Å². The second kappa shape index (κ2) is 11.8. The second-order valence-electron chi connectivity index (χ2n) is 9.76. The van der Waals surface area contributed by atoms with Crippen molar-refractivity contribution < 1.29 is 40.2 Å². The Hall–Kier alpha value is -3.07. The van der Waals surface area contributed by atoms with Crippen molar-refractivity contribution in [3.63, 3.8) is 0 Å². The smallest absolute Gasteiger partial charge is 0.349 e. The van der Waals surface area contributed by atoms with E-state index < -0.39 is 47.7 Å². The minimum absolute atomic E-state index is 0.0673. The number of aromatic amines is 1. The van der Waals surface area contributed by atoms with Gasteiger partial charge >= 0.3 is 12.4 Å². The molecule has 0 bridgehead atoms. The Kier molecular flexibility index (Phi) is 8.83. The first-order valence-corrected chi connectivity index (χ1v) is 12.3. The Bertz CT molecular complexity index is 1250. The van der Waals surface area contributed by atoms with Gasteiger partial charge in [0.05, 0.1) is 43.0 Å². The number of aromatic nitrogens is 3. The van der Waals surface area contributed by atoms with Crippen LogP contribution in [0.25, 0.3) is 0 Å². The van der Waals surface area contributed by atoms with Crippen molar-refractivity contribution in [3.05, 3.63) is 82.2 Å². The predicted molar refractivity (Wildman–Crippen MR) is 129 cm³/mol. The van der Waals surface area contributed by atoms with Gasteiger partial charge in [0.15, 0.2) is 12.1 Å². The molecule has 2 heterocycles. The van der Waals surface area contributed by atoms with Gasteiger partial charge < -0.3 is 14.4 Å². The van der Waals surface area contributed by atoms with Crippen LogP contribution in [0.5, 0.6) is 0 Å². The molecule has 0 saturated carbocycles. The maximum Gasteiger partial charge on any atom is 0.416 e. The Morgan fingerprint density at radius 3 is 2.25 bits per heavy atom. The van der Waals surface area contributed by atoms with Crippen LogP contribution in [-0.2, 0) is 34.9 Å². The SMILES string of the molecule is CC(O[C@H]1OCCN(Cc2n[nH]c(CN(C)C)n2)[C@H]1c1ccc(F)cc1)c1cc(C(F)(F)F)cc(C(F)(F)F)c1. The minimum atomic E-state index is -4.99. The molecule has 1 fully saturated rings. The number of halogens is 7.